The number of alkyl halides is 1. The van der Waals surface area contributed by atoms with Crippen LogP contribution in [0.25, 0.3) is 0 Å². The summed E-state index contributed by atoms with van der Waals surface area (Å²) in [7, 11) is 1.17. The van der Waals surface area contributed by atoms with Gasteiger partial charge in [0.05, 0.1) is 32.4 Å². The van der Waals surface area contributed by atoms with E-state index in [-0.39, 0.29) is 18.7 Å². The highest BCUT2D eigenvalue weighted by Gasteiger charge is 2.43. The van der Waals surface area contributed by atoms with E-state index >= 15 is 0 Å². The van der Waals surface area contributed by atoms with E-state index < -0.39 is 24.1 Å². The summed E-state index contributed by atoms with van der Waals surface area (Å²) in [6.45, 7) is -0.521. The molecule has 0 bridgehead atoms. The molecular formula is C12H13F2NO3. The standard InChI is InChI=1S/C12H13F2NO3/c1-18-11(17)9-3-2-8(4-10(9)13)15-5-12(14,6-15)7-16/h2-4,16H,5-7H2,1H3. The minimum absolute atomic E-state index is 0.0144. The summed E-state index contributed by atoms with van der Waals surface area (Å²) in [5.41, 5.74) is -1.30. The van der Waals surface area contributed by atoms with Crippen molar-refractivity contribution in [1.29, 1.82) is 0 Å². The summed E-state index contributed by atoms with van der Waals surface area (Å²) in [4.78, 5) is 12.8. The van der Waals surface area contributed by atoms with Gasteiger partial charge in [-0.15, -0.1) is 0 Å². The number of rotatable bonds is 3. The molecule has 0 atom stereocenters. The van der Waals surface area contributed by atoms with Crippen LogP contribution in [0.1, 0.15) is 10.4 Å². The van der Waals surface area contributed by atoms with Gasteiger partial charge in [0.2, 0.25) is 0 Å². The quantitative estimate of drug-likeness (QED) is 0.825. The second-order valence-electron chi connectivity index (χ2n) is 4.32. The largest absolute Gasteiger partial charge is 0.465 e. The van der Waals surface area contributed by atoms with Crippen molar-refractivity contribution in [3.8, 4) is 0 Å². The first kappa shape index (κ1) is 12.8. The van der Waals surface area contributed by atoms with Crippen LogP contribution in [0.5, 0.6) is 0 Å². The van der Waals surface area contributed by atoms with Crippen LogP contribution in [0.4, 0.5) is 14.5 Å². The highest BCUT2D eigenvalue weighted by Crippen LogP contribution is 2.31. The lowest BCUT2D eigenvalue weighted by Gasteiger charge is -2.44. The monoisotopic (exact) mass is 257 g/mol. The van der Waals surface area contributed by atoms with E-state index in [0.717, 1.165) is 6.07 Å². The first-order valence-corrected chi connectivity index (χ1v) is 5.42. The van der Waals surface area contributed by atoms with Gasteiger partial charge in [-0.05, 0) is 18.2 Å². The topological polar surface area (TPSA) is 49.8 Å². The molecule has 1 N–H and O–H groups in total. The number of esters is 1. The number of hydrogen-bond acceptors (Lipinski definition) is 4. The van der Waals surface area contributed by atoms with Crippen LogP contribution in [0, 0.1) is 5.82 Å². The number of aliphatic hydroxyl groups excluding tert-OH is 1. The van der Waals surface area contributed by atoms with Gasteiger partial charge in [0.15, 0.2) is 5.67 Å². The van der Waals surface area contributed by atoms with E-state index in [1.54, 1.807) is 4.90 Å². The van der Waals surface area contributed by atoms with Crippen LogP contribution >= 0.6 is 0 Å². The molecule has 1 aromatic carbocycles. The van der Waals surface area contributed by atoms with Crippen molar-refractivity contribution in [2.45, 2.75) is 5.67 Å². The van der Waals surface area contributed by atoms with Crippen LogP contribution < -0.4 is 4.90 Å². The predicted molar refractivity (Wildman–Crippen MR) is 60.9 cm³/mol. The van der Waals surface area contributed by atoms with Crippen molar-refractivity contribution in [1.82, 2.24) is 0 Å². The fourth-order valence-corrected chi connectivity index (χ4v) is 1.90. The third-order valence-corrected chi connectivity index (χ3v) is 2.95. The van der Waals surface area contributed by atoms with Crippen LogP contribution in [0.3, 0.4) is 0 Å². The van der Waals surface area contributed by atoms with E-state index in [1.807, 2.05) is 0 Å². The zero-order valence-electron chi connectivity index (χ0n) is 9.82. The Morgan fingerprint density at radius 3 is 2.72 bits per heavy atom. The van der Waals surface area contributed by atoms with Gasteiger partial charge >= 0.3 is 5.97 Å². The Morgan fingerprint density at radius 1 is 1.56 bits per heavy atom. The van der Waals surface area contributed by atoms with Gasteiger partial charge in [0, 0.05) is 5.69 Å². The minimum Gasteiger partial charge on any atom is -0.465 e. The van der Waals surface area contributed by atoms with E-state index in [4.69, 9.17) is 5.11 Å². The lowest BCUT2D eigenvalue weighted by atomic mass is 9.96. The number of aliphatic hydroxyl groups is 1. The molecule has 4 nitrogen and oxygen atoms in total. The second kappa shape index (κ2) is 4.53. The predicted octanol–water partition coefficient (Wildman–Crippen LogP) is 1.13. The molecule has 1 aliphatic heterocycles. The molecule has 18 heavy (non-hydrogen) atoms. The number of ether oxygens (including phenoxy) is 1. The smallest absolute Gasteiger partial charge is 0.340 e. The summed E-state index contributed by atoms with van der Waals surface area (Å²) in [6.07, 6.45) is 0. The van der Waals surface area contributed by atoms with Gasteiger partial charge in [0.25, 0.3) is 0 Å². The van der Waals surface area contributed by atoms with Gasteiger partial charge in [-0.3, -0.25) is 0 Å². The highest BCUT2D eigenvalue weighted by molar-refractivity contribution is 5.90. The Kier molecular flexibility index (Phi) is 3.21. The molecule has 0 unspecified atom stereocenters. The van der Waals surface area contributed by atoms with Gasteiger partial charge in [0.1, 0.15) is 5.82 Å². The second-order valence-corrected chi connectivity index (χ2v) is 4.32. The lowest BCUT2D eigenvalue weighted by Crippen LogP contribution is -2.61. The van der Waals surface area contributed by atoms with Crippen molar-refractivity contribution in [2.75, 3.05) is 31.7 Å². The van der Waals surface area contributed by atoms with Gasteiger partial charge in [-0.1, -0.05) is 0 Å². The number of benzene rings is 1. The van der Waals surface area contributed by atoms with Crippen LogP contribution in [-0.4, -0.2) is 43.6 Å². The zero-order chi connectivity index (χ0) is 13.3. The Morgan fingerprint density at radius 2 is 2.22 bits per heavy atom. The molecule has 0 aliphatic carbocycles. The molecule has 0 radical (unpaired) electrons. The molecule has 0 amide bonds. The van der Waals surface area contributed by atoms with Crippen molar-refractivity contribution >= 4 is 11.7 Å². The average molecular weight is 257 g/mol. The molecule has 0 aromatic heterocycles. The summed E-state index contributed by atoms with van der Waals surface area (Å²) in [6, 6.07) is 3.98. The first-order valence-electron chi connectivity index (χ1n) is 5.42. The Hall–Kier alpha value is -1.69. The van der Waals surface area contributed by atoms with Crippen molar-refractivity contribution in [3.05, 3.63) is 29.6 Å². The summed E-state index contributed by atoms with van der Waals surface area (Å²) in [5.74, 6) is -1.46. The Balaban J connectivity index is 2.14. The molecule has 0 spiro atoms. The van der Waals surface area contributed by atoms with Crippen LogP contribution in [0.2, 0.25) is 0 Å². The maximum atomic E-state index is 13.6. The molecule has 1 aromatic rings. The van der Waals surface area contributed by atoms with Crippen molar-refractivity contribution in [3.63, 3.8) is 0 Å². The molecule has 1 aliphatic rings. The van der Waals surface area contributed by atoms with E-state index in [1.165, 1.54) is 19.2 Å². The SMILES string of the molecule is COC(=O)c1ccc(N2CC(F)(CO)C2)cc1F. The van der Waals surface area contributed by atoms with E-state index in [9.17, 15) is 13.6 Å². The molecule has 1 saturated heterocycles. The number of nitrogens with zero attached hydrogens (tertiary/aromatic N) is 1. The van der Waals surface area contributed by atoms with E-state index in [0.29, 0.717) is 5.69 Å². The minimum atomic E-state index is -1.61. The van der Waals surface area contributed by atoms with E-state index in [2.05, 4.69) is 4.74 Å². The molecule has 0 saturated carbocycles. The van der Waals surface area contributed by atoms with Crippen LogP contribution in [0.15, 0.2) is 18.2 Å². The summed E-state index contributed by atoms with van der Waals surface area (Å²) in [5, 5.41) is 8.78. The number of carbonyl (C=O) groups is 1. The molecule has 1 fully saturated rings. The molecule has 1 heterocycles. The maximum Gasteiger partial charge on any atom is 0.340 e. The number of halogens is 2. The average Bonchev–Trinajstić information content (AvgIpc) is 2.34. The maximum absolute atomic E-state index is 13.6. The number of carbonyl (C=O) groups excluding carboxylic acids is 1. The number of methoxy groups -OCH3 is 1. The molecular weight excluding hydrogens is 244 g/mol. The summed E-state index contributed by atoms with van der Waals surface area (Å²) >= 11 is 0. The third-order valence-electron chi connectivity index (χ3n) is 2.95. The molecule has 2 rings (SSSR count). The van der Waals surface area contributed by atoms with Crippen LogP contribution in [-0.2, 0) is 4.74 Å². The van der Waals surface area contributed by atoms with Gasteiger partial charge < -0.3 is 14.7 Å². The normalized spacial score (nSPS) is 17.2. The molecule has 6 heteroatoms. The molecule has 98 valence electrons. The van der Waals surface area contributed by atoms with Gasteiger partial charge in [-0.2, -0.15) is 0 Å². The van der Waals surface area contributed by atoms with Gasteiger partial charge in [-0.25, -0.2) is 13.6 Å². The Bertz CT molecular complexity index is 472. The van der Waals surface area contributed by atoms with Crippen molar-refractivity contribution in [2.24, 2.45) is 0 Å². The Labute approximate surface area is 103 Å². The highest BCUT2D eigenvalue weighted by atomic mass is 19.1. The number of hydrogen-bond donors (Lipinski definition) is 1. The number of anilines is 1. The third kappa shape index (κ3) is 2.15. The fourth-order valence-electron chi connectivity index (χ4n) is 1.90. The van der Waals surface area contributed by atoms with Crippen molar-refractivity contribution < 1.29 is 23.4 Å². The zero-order valence-corrected chi connectivity index (χ0v) is 9.82. The lowest BCUT2D eigenvalue weighted by molar-refractivity contribution is 0.0444. The summed E-state index contributed by atoms with van der Waals surface area (Å²) < 4.78 is 31.5. The first-order chi connectivity index (χ1) is 8.49. The fraction of sp³-hybridized carbons (Fsp3) is 0.417.